The maximum Gasteiger partial charge on any atom is 0.322 e. The van der Waals surface area contributed by atoms with Crippen molar-refractivity contribution in [3.05, 3.63) is 29.8 Å². The summed E-state index contributed by atoms with van der Waals surface area (Å²) >= 11 is 0. The lowest BCUT2D eigenvalue weighted by Gasteiger charge is -2.27. The standard InChI is InChI=1S/C16H24N2O2/c1-11(2)18(10-13-7-8-13)16(20)17-15-6-4-5-14(9-15)12(3)19/h4-6,9,11-13,19H,7-8,10H2,1-3H3,(H,17,20). The van der Waals surface area contributed by atoms with Gasteiger partial charge in [-0.3, -0.25) is 0 Å². The van der Waals surface area contributed by atoms with Crippen LogP contribution in [0, 0.1) is 5.92 Å². The van der Waals surface area contributed by atoms with E-state index >= 15 is 0 Å². The highest BCUT2D eigenvalue weighted by molar-refractivity contribution is 5.89. The summed E-state index contributed by atoms with van der Waals surface area (Å²) in [6.07, 6.45) is 1.93. The number of nitrogens with zero attached hydrogens (tertiary/aromatic N) is 1. The summed E-state index contributed by atoms with van der Waals surface area (Å²) < 4.78 is 0. The molecule has 2 N–H and O–H groups in total. The fourth-order valence-corrected chi connectivity index (χ4v) is 2.18. The molecule has 1 saturated carbocycles. The number of nitrogens with one attached hydrogen (secondary N) is 1. The van der Waals surface area contributed by atoms with Crippen LogP contribution in [0.1, 0.15) is 45.3 Å². The van der Waals surface area contributed by atoms with E-state index in [9.17, 15) is 9.90 Å². The highest BCUT2D eigenvalue weighted by atomic mass is 16.3. The molecule has 1 aromatic carbocycles. The minimum absolute atomic E-state index is 0.0605. The number of hydrogen-bond donors (Lipinski definition) is 2. The lowest BCUT2D eigenvalue weighted by Crippen LogP contribution is -2.41. The third-order valence-corrected chi connectivity index (χ3v) is 3.66. The van der Waals surface area contributed by atoms with Crippen molar-refractivity contribution in [1.82, 2.24) is 4.90 Å². The first kappa shape index (κ1) is 14.9. The summed E-state index contributed by atoms with van der Waals surface area (Å²) in [5.41, 5.74) is 1.54. The number of hydrogen-bond acceptors (Lipinski definition) is 2. The summed E-state index contributed by atoms with van der Waals surface area (Å²) in [5.74, 6) is 0.673. The van der Waals surface area contributed by atoms with Crippen LogP contribution in [0.2, 0.25) is 0 Å². The summed E-state index contributed by atoms with van der Waals surface area (Å²) in [5, 5.41) is 12.5. The number of aliphatic hydroxyl groups is 1. The second-order valence-electron chi connectivity index (χ2n) is 5.92. The maximum atomic E-state index is 12.4. The number of carbonyl (C=O) groups is 1. The Hall–Kier alpha value is -1.55. The third kappa shape index (κ3) is 3.97. The first-order valence-electron chi connectivity index (χ1n) is 7.33. The van der Waals surface area contributed by atoms with Gasteiger partial charge in [0.15, 0.2) is 0 Å². The molecule has 1 unspecified atom stereocenters. The van der Waals surface area contributed by atoms with E-state index < -0.39 is 6.10 Å². The number of aliphatic hydroxyl groups excluding tert-OH is 1. The monoisotopic (exact) mass is 276 g/mol. The Kier molecular flexibility index (Phi) is 4.65. The van der Waals surface area contributed by atoms with Gasteiger partial charge < -0.3 is 15.3 Å². The van der Waals surface area contributed by atoms with Crippen LogP contribution < -0.4 is 5.32 Å². The minimum atomic E-state index is -0.528. The molecule has 2 rings (SSSR count). The quantitative estimate of drug-likeness (QED) is 0.866. The highest BCUT2D eigenvalue weighted by Crippen LogP contribution is 2.30. The fraction of sp³-hybridized carbons (Fsp3) is 0.562. The van der Waals surface area contributed by atoms with E-state index in [0.717, 1.165) is 17.8 Å². The molecule has 4 nitrogen and oxygen atoms in total. The summed E-state index contributed by atoms with van der Waals surface area (Å²) in [6, 6.07) is 7.49. The number of rotatable bonds is 5. The second-order valence-corrected chi connectivity index (χ2v) is 5.92. The number of benzene rings is 1. The van der Waals surface area contributed by atoms with Gasteiger partial charge in [0.05, 0.1) is 6.10 Å². The number of urea groups is 1. The molecule has 110 valence electrons. The molecule has 1 aliphatic rings. The van der Waals surface area contributed by atoms with E-state index in [2.05, 4.69) is 5.32 Å². The zero-order valence-electron chi connectivity index (χ0n) is 12.5. The molecule has 1 aliphatic carbocycles. The van der Waals surface area contributed by atoms with E-state index in [1.165, 1.54) is 12.8 Å². The molecule has 1 atom stereocenters. The smallest absolute Gasteiger partial charge is 0.322 e. The molecule has 0 saturated heterocycles. The van der Waals surface area contributed by atoms with Gasteiger partial charge in [-0.05, 0) is 57.2 Å². The molecule has 1 aromatic rings. The van der Waals surface area contributed by atoms with Crippen LogP contribution in [-0.4, -0.2) is 28.6 Å². The molecule has 2 amide bonds. The Morgan fingerprint density at radius 1 is 1.40 bits per heavy atom. The van der Waals surface area contributed by atoms with E-state index in [-0.39, 0.29) is 12.1 Å². The van der Waals surface area contributed by atoms with Crippen molar-refractivity contribution >= 4 is 11.7 Å². The predicted octanol–water partition coefficient (Wildman–Crippen LogP) is 3.39. The Balaban J connectivity index is 2.03. The van der Waals surface area contributed by atoms with Crippen LogP contribution in [0.4, 0.5) is 10.5 Å². The molecule has 0 aromatic heterocycles. The van der Waals surface area contributed by atoms with Gasteiger partial charge in [-0.2, -0.15) is 0 Å². The lowest BCUT2D eigenvalue weighted by atomic mass is 10.1. The van der Waals surface area contributed by atoms with Gasteiger partial charge in [0, 0.05) is 18.3 Å². The zero-order valence-corrected chi connectivity index (χ0v) is 12.5. The van der Waals surface area contributed by atoms with Crippen molar-refractivity contribution in [2.75, 3.05) is 11.9 Å². The molecule has 4 heteroatoms. The van der Waals surface area contributed by atoms with Gasteiger partial charge >= 0.3 is 6.03 Å². The van der Waals surface area contributed by atoms with Crippen LogP contribution in [-0.2, 0) is 0 Å². The molecule has 1 fully saturated rings. The third-order valence-electron chi connectivity index (χ3n) is 3.66. The molecule has 0 heterocycles. The van der Waals surface area contributed by atoms with E-state index in [1.54, 1.807) is 6.92 Å². The molecule has 0 bridgehead atoms. The average molecular weight is 276 g/mol. The number of amides is 2. The van der Waals surface area contributed by atoms with Gasteiger partial charge in [0.25, 0.3) is 0 Å². The van der Waals surface area contributed by atoms with E-state index in [4.69, 9.17) is 0 Å². The Morgan fingerprint density at radius 2 is 2.10 bits per heavy atom. The van der Waals surface area contributed by atoms with Crippen molar-refractivity contribution in [3.63, 3.8) is 0 Å². The van der Waals surface area contributed by atoms with Crippen molar-refractivity contribution in [1.29, 1.82) is 0 Å². The van der Waals surface area contributed by atoms with Gasteiger partial charge in [-0.25, -0.2) is 4.79 Å². The Labute approximate surface area is 120 Å². The van der Waals surface area contributed by atoms with Crippen LogP contribution in [0.3, 0.4) is 0 Å². The molecule has 0 radical (unpaired) electrons. The van der Waals surface area contributed by atoms with Crippen molar-refractivity contribution in [2.24, 2.45) is 5.92 Å². The molecule has 20 heavy (non-hydrogen) atoms. The SMILES string of the molecule is CC(O)c1cccc(NC(=O)N(CC2CC2)C(C)C)c1. The zero-order chi connectivity index (χ0) is 14.7. The van der Waals surface area contributed by atoms with Crippen LogP contribution in [0.25, 0.3) is 0 Å². The Morgan fingerprint density at radius 3 is 2.65 bits per heavy atom. The largest absolute Gasteiger partial charge is 0.389 e. The first-order chi connectivity index (χ1) is 9.47. The topological polar surface area (TPSA) is 52.6 Å². The van der Waals surface area contributed by atoms with Crippen LogP contribution in [0.5, 0.6) is 0 Å². The summed E-state index contributed by atoms with van der Waals surface area (Å²) in [7, 11) is 0. The van der Waals surface area contributed by atoms with Crippen molar-refractivity contribution in [3.8, 4) is 0 Å². The average Bonchev–Trinajstić information content (AvgIpc) is 3.19. The van der Waals surface area contributed by atoms with Crippen LogP contribution >= 0.6 is 0 Å². The fourth-order valence-electron chi connectivity index (χ4n) is 2.18. The minimum Gasteiger partial charge on any atom is -0.389 e. The first-order valence-corrected chi connectivity index (χ1v) is 7.33. The normalized spacial score (nSPS) is 16.1. The number of carbonyl (C=O) groups excluding carboxylic acids is 1. The van der Waals surface area contributed by atoms with Crippen LogP contribution in [0.15, 0.2) is 24.3 Å². The Bertz CT molecular complexity index is 467. The molecular weight excluding hydrogens is 252 g/mol. The highest BCUT2D eigenvalue weighted by Gasteiger charge is 2.28. The lowest BCUT2D eigenvalue weighted by molar-refractivity contribution is 0.193. The second kappa shape index (κ2) is 6.27. The van der Waals surface area contributed by atoms with Gasteiger partial charge in [0.2, 0.25) is 0 Å². The van der Waals surface area contributed by atoms with Gasteiger partial charge in [0.1, 0.15) is 0 Å². The summed E-state index contributed by atoms with van der Waals surface area (Å²) in [6.45, 7) is 6.62. The van der Waals surface area contributed by atoms with E-state index in [0.29, 0.717) is 5.92 Å². The van der Waals surface area contributed by atoms with Gasteiger partial charge in [-0.1, -0.05) is 12.1 Å². The van der Waals surface area contributed by atoms with Gasteiger partial charge in [-0.15, -0.1) is 0 Å². The van der Waals surface area contributed by atoms with Crippen molar-refractivity contribution < 1.29 is 9.90 Å². The van der Waals surface area contributed by atoms with E-state index in [1.807, 2.05) is 43.0 Å². The molecular formula is C16H24N2O2. The predicted molar refractivity (Wildman–Crippen MR) is 80.7 cm³/mol. The maximum absolute atomic E-state index is 12.4. The van der Waals surface area contributed by atoms with Crippen molar-refractivity contribution in [2.45, 2.75) is 45.8 Å². The molecule has 0 aliphatic heterocycles. The number of anilines is 1. The summed E-state index contributed by atoms with van der Waals surface area (Å²) in [4.78, 5) is 14.2. The molecule has 0 spiro atoms.